The zero-order valence-electron chi connectivity index (χ0n) is 11.0. The molecule has 1 N–H and O–H groups in total. The summed E-state index contributed by atoms with van der Waals surface area (Å²) in [4.78, 5) is 2.73. The highest BCUT2D eigenvalue weighted by Gasteiger charge is 2.23. The van der Waals surface area contributed by atoms with E-state index in [4.69, 9.17) is 0 Å². The minimum absolute atomic E-state index is 0.831. The van der Waals surface area contributed by atoms with Gasteiger partial charge in [0.1, 0.15) is 0 Å². The van der Waals surface area contributed by atoms with Gasteiger partial charge in [0, 0.05) is 12.6 Å². The molecule has 0 radical (unpaired) electrons. The summed E-state index contributed by atoms with van der Waals surface area (Å²) in [5.74, 6) is 1.91. The molecule has 2 aliphatic heterocycles. The second-order valence-electron chi connectivity index (χ2n) is 6.01. The molecule has 0 aromatic carbocycles. The van der Waals surface area contributed by atoms with Gasteiger partial charge in [-0.15, -0.1) is 0 Å². The summed E-state index contributed by atoms with van der Waals surface area (Å²) >= 11 is 0. The molecule has 0 aromatic rings. The minimum atomic E-state index is 0.831. The second kappa shape index (κ2) is 6.02. The molecule has 2 aliphatic rings. The summed E-state index contributed by atoms with van der Waals surface area (Å²) in [6, 6.07) is 0.831. The molecular weight excluding hydrogens is 196 g/mol. The molecule has 0 aliphatic carbocycles. The quantitative estimate of drug-likeness (QED) is 0.792. The Morgan fingerprint density at radius 3 is 2.56 bits per heavy atom. The molecule has 2 unspecified atom stereocenters. The number of piperidine rings is 2. The molecule has 2 fully saturated rings. The molecule has 2 atom stereocenters. The van der Waals surface area contributed by atoms with Crippen molar-refractivity contribution in [1.82, 2.24) is 10.2 Å². The highest BCUT2D eigenvalue weighted by atomic mass is 15.2. The molecule has 94 valence electrons. The van der Waals surface area contributed by atoms with Gasteiger partial charge in [-0.05, 0) is 70.5 Å². The van der Waals surface area contributed by atoms with Crippen molar-refractivity contribution < 1.29 is 0 Å². The summed E-state index contributed by atoms with van der Waals surface area (Å²) < 4.78 is 0. The van der Waals surface area contributed by atoms with Crippen molar-refractivity contribution in [3.05, 3.63) is 0 Å². The van der Waals surface area contributed by atoms with Crippen molar-refractivity contribution in [3.63, 3.8) is 0 Å². The van der Waals surface area contributed by atoms with Gasteiger partial charge in [0.15, 0.2) is 0 Å². The standard InChI is InChI=1S/C14H28N2/c1-12-3-4-13(2)16(11-12)10-7-14-5-8-15-9-6-14/h12-15H,3-11H2,1-2H3. The van der Waals surface area contributed by atoms with E-state index in [9.17, 15) is 0 Å². The van der Waals surface area contributed by atoms with E-state index in [0.717, 1.165) is 17.9 Å². The van der Waals surface area contributed by atoms with Crippen LogP contribution in [0, 0.1) is 11.8 Å². The topological polar surface area (TPSA) is 15.3 Å². The molecular formula is C14H28N2. The van der Waals surface area contributed by atoms with Gasteiger partial charge in [0.25, 0.3) is 0 Å². The largest absolute Gasteiger partial charge is 0.317 e. The van der Waals surface area contributed by atoms with Crippen molar-refractivity contribution in [3.8, 4) is 0 Å². The highest BCUT2D eigenvalue weighted by molar-refractivity contribution is 4.78. The van der Waals surface area contributed by atoms with Crippen LogP contribution in [0.1, 0.15) is 46.0 Å². The molecule has 2 heterocycles. The number of nitrogens with zero attached hydrogens (tertiary/aromatic N) is 1. The summed E-state index contributed by atoms with van der Waals surface area (Å²) in [6.45, 7) is 9.99. The maximum atomic E-state index is 3.45. The number of rotatable bonds is 3. The Bertz CT molecular complexity index is 199. The van der Waals surface area contributed by atoms with E-state index < -0.39 is 0 Å². The van der Waals surface area contributed by atoms with Crippen molar-refractivity contribution in [2.45, 2.75) is 52.0 Å². The highest BCUT2D eigenvalue weighted by Crippen LogP contribution is 2.23. The van der Waals surface area contributed by atoms with Crippen LogP contribution in [0.25, 0.3) is 0 Å². The van der Waals surface area contributed by atoms with Crippen LogP contribution in [-0.4, -0.2) is 37.1 Å². The average molecular weight is 224 g/mol. The van der Waals surface area contributed by atoms with E-state index in [2.05, 4.69) is 24.1 Å². The van der Waals surface area contributed by atoms with Crippen LogP contribution in [0.4, 0.5) is 0 Å². The fraction of sp³-hybridized carbons (Fsp3) is 1.00. The molecule has 0 bridgehead atoms. The number of nitrogens with one attached hydrogen (secondary N) is 1. The van der Waals surface area contributed by atoms with Crippen LogP contribution in [0.15, 0.2) is 0 Å². The lowest BCUT2D eigenvalue weighted by Gasteiger charge is -2.37. The van der Waals surface area contributed by atoms with Gasteiger partial charge >= 0.3 is 0 Å². The third-order valence-electron chi connectivity index (χ3n) is 4.53. The number of hydrogen-bond acceptors (Lipinski definition) is 2. The maximum absolute atomic E-state index is 3.45. The molecule has 16 heavy (non-hydrogen) atoms. The molecule has 0 amide bonds. The third kappa shape index (κ3) is 3.46. The van der Waals surface area contributed by atoms with Crippen LogP contribution in [0.5, 0.6) is 0 Å². The van der Waals surface area contributed by atoms with Gasteiger partial charge in [0.05, 0.1) is 0 Å². The predicted molar refractivity (Wildman–Crippen MR) is 69.6 cm³/mol. The Morgan fingerprint density at radius 2 is 1.81 bits per heavy atom. The Balaban J connectivity index is 1.71. The second-order valence-corrected chi connectivity index (χ2v) is 6.01. The molecule has 2 nitrogen and oxygen atoms in total. The van der Waals surface area contributed by atoms with Crippen LogP contribution in [-0.2, 0) is 0 Å². The Labute approximate surface area is 101 Å². The first-order valence-corrected chi connectivity index (χ1v) is 7.20. The smallest absolute Gasteiger partial charge is 0.00671 e. The Hall–Kier alpha value is -0.0800. The van der Waals surface area contributed by atoms with Gasteiger partial charge < -0.3 is 10.2 Å². The Morgan fingerprint density at radius 1 is 1.06 bits per heavy atom. The van der Waals surface area contributed by atoms with Gasteiger partial charge in [-0.25, -0.2) is 0 Å². The van der Waals surface area contributed by atoms with Crippen molar-refractivity contribution in [2.24, 2.45) is 11.8 Å². The fourth-order valence-electron chi connectivity index (χ4n) is 3.21. The van der Waals surface area contributed by atoms with E-state index in [1.807, 2.05) is 0 Å². The van der Waals surface area contributed by atoms with E-state index in [1.165, 1.54) is 58.3 Å². The molecule has 0 saturated carbocycles. The van der Waals surface area contributed by atoms with Crippen molar-refractivity contribution in [2.75, 3.05) is 26.2 Å². The first-order chi connectivity index (χ1) is 7.75. The zero-order valence-corrected chi connectivity index (χ0v) is 11.0. The molecule has 2 saturated heterocycles. The maximum Gasteiger partial charge on any atom is 0.00671 e. The molecule has 0 spiro atoms. The number of hydrogen-bond donors (Lipinski definition) is 1. The van der Waals surface area contributed by atoms with Gasteiger partial charge in [0.2, 0.25) is 0 Å². The van der Waals surface area contributed by atoms with E-state index in [-0.39, 0.29) is 0 Å². The normalized spacial score (nSPS) is 34.1. The van der Waals surface area contributed by atoms with Gasteiger partial charge in [-0.3, -0.25) is 0 Å². The number of likely N-dealkylation sites (tertiary alicyclic amines) is 1. The summed E-state index contributed by atoms with van der Waals surface area (Å²) in [7, 11) is 0. The van der Waals surface area contributed by atoms with Crippen LogP contribution >= 0.6 is 0 Å². The lowest BCUT2D eigenvalue weighted by molar-refractivity contribution is 0.114. The first-order valence-electron chi connectivity index (χ1n) is 7.20. The van der Waals surface area contributed by atoms with Gasteiger partial charge in [-0.2, -0.15) is 0 Å². The van der Waals surface area contributed by atoms with Crippen LogP contribution in [0.3, 0.4) is 0 Å². The van der Waals surface area contributed by atoms with Crippen molar-refractivity contribution in [1.29, 1.82) is 0 Å². The van der Waals surface area contributed by atoms with Gasteiger partial charge in [-0.1, -0.05) is 6.92 Å². The van der Waals surface area contributed by atoms with Crippen LogP contribution in [0.2, 0.25) is 0 Å². The third-order valence-corrected chi connectivity index (χ3v) is 4.53. The summed E-state index contributed by atoms with van der Waals surface area (Å²) in [5.41, 5.74) is 0. The molecule has 2 heteroatoms. The predicted octanol–water partition coefficient (Wildman–Crippen LogP) is 2.50. The van der Waals surface area contributed by atoms with Crippen LogP contribution < -0.4 is 5.32 Å². The van der Waals surface area contributed by atoms with E-state index in [0.29, 0.717) is 0 Å². The summed E-state index contributed by atoms with van der Waals surface area (Å²) in [6.07, 6.45) is 7.08. The monoisotopic (exact) mass is 224 g/mol. The Kier molecular flexibility index (Phi) is 4.66. The van der Waals surface area contributed by atoms with E-state index >= 15 is 0 Å². The minimum Gasteiger partial charge on any atom is -0.317 e. The zero-order chi connectivity index (χ0) is 11.4. The average Bonchev–Trinajstić information content (AvgIpc) is 2.32. The lowest BCUT2D eigenvalue weighted by atomic mass is 9.91. The summed E-state index contributed by atoms with van der Waals surface area (Å²) in [5, 5.41) is 3.45. The first kappa shape index (κ1) is 12.4. The van der Waals surface area contributed by atoms with E-state index in [1.54, 1.807) is 0 Å². The SMILES string of the molecule is CC1CCC(C)N(CCC2CCNCC2)C1. The fourth-order valence-corrected chi connectivity index (χ4v) is 3.21. The molecule has 2 rings (SSSR count). The van der Waals surface area contributed by atoms with Crippen molar-refractivity contribution >= 4 is 0 Å². The lowest BCUT2D eigenvalue weighted by Crippen LogP contribution is -2.42. The molecule has 0 aromatic heterocycles.